The van der Waals surface area contributed by atoms with Gasteiger partial charge >= 0.3 is 0 Å². The predicted molar refractivity (Wildman–Crippen MR) is 67.8 cm³/mol. The molecule has 2 atom stereocenters. The van der Waals surface area contributed by atoms with Crippen LogP contribution in [0.4, 0.5) is 5.69 Å². The molecule has 1 aromatic rings. The van der Waals surface area contributed by atoms with E-state index >= 15 is 0 Å². The Kier molecular flexibility index (Phi) is 2.60. The number of fused-ring (bicyclic) bond motifs is 1. The van der Waals surface area contributed by atoms with Gasteiger partial charge in [-0.05, 0) is 36.9 Å². The highest BCUT2D eigenvalue weighted by Gasteiger charge is 2.25. The zero-order chi connectivity index (χ0) is 11.0. The van der Waals surface area contributed by atoms with Crippen LogP contribution in [0.5, 0.6) is 0 Å². The molecule has 0 aromatic heterocycles. The maximum absolute atomic E-state index is 3.63. The van der Waals surface area contributed by atoms with E-state index in [-0.39, 0.29) is 0 Å². The number of likely N-dealkylation sites (tertiary alicyclic amines) is 1. The third-order valence-electron chi connectivity index (χ3n) is 3.83. The number of nitrogens with zero attached hydrogens (tertiary/aromatic N) is 1. The standard InChI is InChI=1S/C14H20N2/c1-11-6-7-16(9-11)10-13-8-12-4-2-3-5-14(12)15-13/h2-5,11,13,15H,6-10H2,1H3. The van der Waals surface area contributed by atoms with E-state index in [0.29, 0.717) is 6.04 Å². The highest BCUT2D eigenvalue weighted by molar-refractivity contribution is 5.56. The Hall–Kier alpha value is -1.02. The summed E-state index contributed by atoms with van der Waals surface area (Å²) in [6.07, 6.45) is 2.57. The van der Waals surface area contributed by atoms with E-state index in [1.165, 1.54) is 43.7 Å². The number of hydrogen-bond acceptors (Lipinski definition) is 2. The fraction of sp³-hybridized carbons (Fsp3) is 0.571. The first-order valence-corrected chi connectivity index (χ1v) is 6.38. The molecular weight excluding hydrogens is 196 g/mol. The summed E-state index contributed by atoms with van der Waals surface area (Å²) < 4.78 is 0. The van der Waals surface area contributed by atoms with Crippen LogP contribution in [-0.2, 0) is 6.42 Å². The number of para-hydroxylation sites is 1. The summed E-state index contributed by atoms with van der Waals surface area (Å²) >= 11 is 0. The summed E-state index contributed by atoms with van der Waals surface area (Å²) in [6, 6.07) is 9.33. The molecule has 2 nitrogen and oxygen atoms in total. The van der Waals surface area contributed by atoms with Gasteiger partial charge in [-0.2, -0.15) is 0 Å². The second kappa shape index (κ2) is 4.10. The Morgan fingerprint density at radius 1 is 1.38 bits per heavy atom. The summed E-state index contributed by atoms with van der Waals surface area (Å²) in [6.45, 7) is 6.14. The highest BCUT2D eigenvalue weighted by Crippen LogP contribution is 2.26. The number of benzene rings is 1. The molecule has 0 radical (unpaired) electrons. The lowest BCUT2D eigenvalue weighted by atomic mass is 10.1. The number of anilines is 1. The lowest BCUT2D eigenvalue weighted by molar-refractivity contribution is 0.314. The first-order valence-electron chi connectivity index (χ1n) is 6.38. The van der Waals surface area contributed by atoms with E-state index in [9.17, 15) is 0 Å². The van der Waals surface area contributed by atoms with Crippen molar-refractivity contribution in [2.45, 2.75) is 25.8 Å². The molecule has 0 aliphatic carbocycles. The first kappa shape index (κ1) is 10.2. The Morgan fingerprint density at radius 2 is 2.25 bits per heavy atom. The van der Waals surface area contributed by atoms with Crippen LogP contribution in [0.25, 0.3) is 0 Å². The molecule has 0 amide bonds. The molecule has 2 heteroatoms. The van der Waals surface area contributed by atoms with E-state index in [1.807, 2.05) is 0 Å². The van der Waals surface area contributed by atoms with Gasteiger partial charge in [-0.1, -0.05) is 25.1 Å². The first-order chi connectivity index (χ1) is 7.81. The van der Waals surface area contributed by atoms with Crippen LogP contribution >= 0.6 is 0 Å². The van der Waals surface area contributed by atoms with Crippen molar-refractivity contribution in [1.29, 1.82) is 0 Å². The molecule has 2 aliphatic heterocycles. The summed E-state index contributed by atoms with van der Waals surface area (Å²) in [7, 11) is 0. The highest BCUT2D eigenvalue weighted by atomic mass is 15.2. The minimum Gasteiger partial charge on any atom is -0.380 e. The molecule has 1 saturated heterocycles. The summed E-state index contributed by atoms with van der Waals surface area (Å²) in [5.74, 6) is 0.892. The van der Waals surface area contributed by atoms with Crippen molar-refractivity contribution in [2.75, 3.05) is 25.0 Å². The molecule has 16 heavy (non-hydrogen) atoms. The molecule has 1 N–H and O–H groups in total. The zero-order valence-electron chi connectivity index (χ0n) is 9.95. The third kappa shape index (κ3) is 1.94. The molecule has 86 valence electrons. The van der Waals surface area contributed by atoms with Crippen LogP contribution in [0, 0.1) is 5.92 Å². The van der Waals surface area contributed by atoms with Crippen molar-refractivity contribution in [3.63, 3.8) is 0 Å². The number of rotatable bonds is 2. The van der Waals surface area contributed by atoms with Gasteiger partial charge in [0.05, 0.1) is 0 Å². The van der Waals surface area contributed by atoms with Crippen molar-refractivity contribution < 1.29 is 0 Å². The molecular formula is C14H20N2. The number of hydrogen-bond donors (Lipinski definition) is 1. The van der Waals surface area contributed by atoms with Crippen molar-refractivity contribution >= 4 is 5.69 Å². The van der Waals surface area contributed by atoms with Crippen molar-refractivity contribution in [1.82, 2.24) is 4.90 Å². The van der Waals surface area contributed by atoms with Crippen molar-refractivity contribution in [3.05, 3.63) is 29.8 Å². The molecule has 1 fully saturated rings. The molecule has 0 saturated carbocycles. The van der Waals surface area contributed by atoms with Crippen molar-refractivity contribution in [3.8, 4) is 0 Å². The Bertz CT molecular complexity index is 350. The van der Waals surface area contributed by atoms with Gasteiger partial charge in [0.2, 0.25) is 0 Å². The molecule has 0 bridgehead atoms. The van der Waals surface area contributed by atoms with E-state index in [4.69, 9.17) is 0 Å². The predicted octanol–water partition coefficient (Wildman–Crippen LogP) is 2.37. The lowest BCUT2D eigenvalue weighted by Gasteiger charge is -2.20. The van der Waals surface area contributed by atoms with Gasteiger partial charge < -0.3 is 10.2 Å². The minimum atomic E-state index is 0.627. The zero-order valence-corrected chi connectivity index (χ0v) is 9.95. The smallest absolute Gasteiger partial charge is 0.0429 e. The van der Waals surface area contributed by atoms with Gasteiger partial charge in [0.1, 0.15) is 0 Å². The maximum atomic E-state index is 3.63. The van der Waals surface area contributed by atoms with Gasteiger partial charge in [-0.3, -0.25) is 0 Å². The van der Waals surface area contributed by atoms with E-state index in [2.05, 4.69) is 41.4 Å². The average molecular weight is 216 g/mol. The molecule has 3 rings (SSSR count). The topological polar surface area (TPSA) is 15.3 Å². The van der Waals surface area contributed by atoms with Gasteiger partial charge in [-0.15, -0.1) is 0 Å². The van der Waals surface area contributed by atoms with Crippen LogP contribution in [0.3, 0.4) is 0 Å². The Morgan fingerprint density at radius 3 is 3.00 bits per heavy atom. The van der Waals surface area contributed by atoms with Crippen LogP contribution in [0.15, 0.2) is 24.3 Å². The van der Waals surface area contributed by atoms with Crippen molar-refractivity contribution in [2.24, 2.45) is 5.92 Å². The van der Waals surface area contributed by atoms with Crippen LogP contribution in [-0.4, -0.2) is 30.6 Å². The van der Waals surface area contributed by atoms with Gasteiger partial charge in [-0.25, -0.2) is 0 Å². The molecule has 2 aliphatic rings. The Labute approximate surface area is 97.6 Å². The number of nitrogens with one attached hydrogen (secondary N) is 1. The normalized spacial score (nSPS) is 29.1. The SMILES string of the molecule is CC1CCN(CC2Cc3ccccc3N2)C1. The molecule has 2 unspecified atom stereocenters. The molecule has 1 aromatic carbocycles. The van der Waals surface area contributed by atoms with Gasteiger partial charge in [0, 0.05) is 24.8 Å². The quantitative estimate of drug-likeness (QED) is 0.816. The lowest BCUT2D eigenvalue weighted by Crippen LogP contribution is -2.34. The third-order valence-corrected chi connectivity index (χ3v) is 3.83. The van der Waals surface area contributed by atoms with Crippen LogP contribution < -0.4 is 5.32 Å². The fourth-order valence-corrected chi connectivity index (χ4v) is 2.99. The Balaban J connectivity index is 1.60. The van der Waals surface area contributed by atoms with E-state index < -0.39 is 0 Å². The fourth-order valence-electron chi connectivity index (χ4n) is 2.99. The van der Waals surface area contributed by atoms with E-state index in [0.717, 1.165) is 5.92 Å². The summed E-state index contributed by atoms with van der Waals surface area (Å²) in [5, 5.41) is 3.63. The largest absolute Gasteiger partial charge is 0.380 e. The van der Waals surface area contributed by atoms with E-state index in [1.54, 1.807) is 0 Å². The summed E-state index contributed by atoms with van der Waals surface area (Å²) in [4.78, 5) is 2.61. The monoisotopic (exact) mass is 216 g/mol. The summed E-state index contributed by atoms with van der Waals surface area (Å²) in [5.41, 5.74) is 2.83. The second-order valence-electron chi connectivity index (χ2n) is 5.36. The second-order valence-corrected chi connectivity index (χ2v) is 5.36. The van der Waals surface area contributed by atoms with Crippen LogP contribution in [0.1, 0.15) is 18.9 Å². The molecule has 0 spiro atoms. The maximum Gasteiger partial charge on any atom is 0.0429 e. The van der Waals surface area contributed by atoms with Crippen LogP contribution in [0.2, 0.25) is 0 Å². The molecule has 2 heterocycles. The van der Waals surface area contributed by atoms with Gasteiger partial charge in [0.25, 0.3) is 0 Å². The van der Waals surface area contributed by atoms with Gasteiger partial charge in [0.15, 0.2) is 0 Å². The minimum absolute atomic E-state index is 0.627. The average Bonchev–Trinajstić information content (AvgIpc) is 2.84.